The van der Waals surface area contributed by atoms with Gasteiger partial charge in [0.05, 0.1) is 0 Å². The number of aliphatic carboxylic acids is 1. The van der Waals surface area contributed by atoms with E-state index in [1.165, 1.54) is 12.2 Å². The maximum Gasteiger partial charge on any atom is 0.326 e. The number of aliphatic hydroxyl groups excluding tert-OH is 1. The van der Waals surface area contributed by atoms with Crippen molar-refractivity contribution in [3.8, 4) is 11.5 Å². The van der Waals surface area contributed by atoms with E-state index in [9.17, 15) is 9.59 Å². The lowest BCUT2D eigenvalue weighted by molar-refractivity contribution is -0.141. The quantitative estimate of drug-likeness (QED) is 0.655. The topological polar surface area (TPSA) is 105 Å². The van der Waals surface area contributed by atoms with Crippen LogP contribution in [0.5, 0.6) is 11.5 Å². The molecule has 1 aliphatic heterocycles. The molecule has 0 bridgehead atoms. The van der Waals surface area contributed by atoms with E-state index < -0.39 is 17.9 Å². The average molecular weight is 293 g/mol. The Hall–Kier alpha value is -2.54. The van der Waals surface area contributed by atoms with Crippen LogP contribution >= 0.6 is 0 Å². The first-order valence-electron chi connectivity index (χ1n) is 6.32. The summed E-state index contributed by atoms with van der Waals surface area (Å²) in [4.78, 5) is 22.5. The summed E-state index contributed by atoms with van der Waals surface area (Å²) >= 11 is 0. The Morgan fingerprint density at radius 3 is 2.81 bits per heavy atom. The summed E-state index contributed by atoms with van der Waals surface area (Å²) in [6.07, 6.45) is 2.72. The zero-order valence-corrected chi connectivity index (χ0v) is 11.1. The minimum atomic E-state index is -1.19. The lowest BCUT2D eigenvalue weighted by atomic mass is 10.2. The summed E-state index contributed by atoms with van der Waals surface area (Å²) < 4.78 is 10.4. The third kappa shape index (κ3) is 3.96. The molecular weight excluding hydrogens is 278 g/mol. The van der Waals surface area contributed by atoms with Crippen LogP contribution in [0.2, 0.25) is 0 Å². The van der Waals surface area contributed by atoms with Gasteiger partial charge in [0, 0.05) is 19.1 Å². The number of amides is 1. The highest BCUT2D eigenvalue weighted by Crippen LogP contribution is 2.32. The molecule has 0 spiro atoms. The van der Waals surface area contributed by atoms with Crippen molar-refractivity contribution in [3.05, 3.63) is 29.8 Å². The van der Waals surface area contributed by atoms with Gasteiger partial charge in [-0.15, -0.1) is 0 Å². The summed E-state index contributed by atoms with van der Waals surface area (Å²) in [6.45, 7) is -0.145. The van der Waals surface area contributed by atoms with Gasteiger partial charge in [0.2, 0.25) is 12.7 Å². The van der Waals surface area contributed by atoms with E-state index in [0.29, 0.717) is 11.5 Å². The molecule has 0 saturated carbocycles. The molecule has 0 saturated heterocycles. The van der Waals surface area contributed by atoms with Crippen molar-refractivity contribution in [3.63, 3.8) is 0 Å². The van der Waals surface area contributed by atoms with Gasteiger partial charge in [-0.25, -0.2) is 4.79 Å². The van der Waals surface area contributed by atoms with Crippen molar-refractivity contribution < 1.29 is 29.3 Å². The van der Waals surface area contributed by atoms with Crippen molar-refractivity contribution in [2.24, 2.45) is 0 Å². The van der Waals surface area contributed by atoms with E-state index in [1.807, 2.05) is 0 Å². The molecule has 1 amide bonds. The van der Waals surface area contributed by atoms with Crippen molar-refractivity contribution in [2.45, 2.75) is 12.5 Å². The molecule has 0 aliphatic carbocycles. The van der Waals surface area contributed by atoms with Gasteiger partial charge in [0.1, 0.15) is 6.04 Å². The second-order valence-electron chi connectivity index (χ2n) is 4.36. The van der Waals surface area contributed by atoms with Crippen LogP contribution in [-0.4, -0.2) is 41.5 Å². The third-order valence-corrected chi connectivity index (χ3v) is 2.86. The minimum Gasteiger partial charge on any atom is -0.480 e. The fourth-order valence-corrected chi connectivity index (χ4v) is 1.80. The SMILES string of the molecule is O=C(/C=C/c1ccc2c(c1)OCO2)N[C@@H](CCO)C(=O)O. The number of ether oxygens (including phenoxy) is 2. The molecule has 1 atom stereocenters. The van der Waals surface area contributed by atoms with Crippen LogP contribution in [0.3, 0.4) is 0 Å². The number of carboxylic acid groups (broad SMARTS) is 1. The number of fused-ring (bicyclic) bond motifs is 1. The first kappa shape index (κ1) is 14.9. The Labute approximate surface area is 120 Å². The van der Waals surface area contributed by atoms with Gasteiger partial charge in [0.15, 0.2) is 11.5 Å². The summed E-state index contributed by atoms with van der Waals surface area (Å²) in [5.74, 6) is -0.492. The van der Waals surface area contributed by atoms with Gasteiger partial charge in [-0.3, -0.25) is 4.79 Å². The minimum absolute atomic E-state index is 0.0427. The third-order valence-electron chi connectivity index (χ3n) is 2.86. The number of rotatable bonds is 6. The van der Waals surface area contributed by atoms with Crippen molar-refractivity contribution in [1.29, 1.82) is 0 Å². The van der Waals surface area contributed by atoms with E-state index in [1.54, 1.807) is 18.2 Å². The lowest BCUT2D eigenvalue weighted by Crippen LogP contribution is -2.40. The van der Waals surface area contributed by atoms with E-state index >= 15 is 0 Å². The zero-order valence-electron chi connectivity index (χ0n) is 11.1. The molecule has 1 aromatic carbocycles. The molecule has 7 nitrogen and oxygen atoms in total. The molecule has 21 heavy (non-hydrogen) atoms. The van der Waals surface area contributed by atoms with Crippen LogP contribution in [0, 0.1) is 0 Å². The molecule has 112 valence electrons. The number of benzene rings is 1. The van der Waals surface area contributed by atoms with E-state index in [0.717, 1.165) is 5.56 Å². The normalized spacial score (nSPS) is 14.1. The summed E-state index contributed by atoms with van der Waals surface area (Å²) in [5, 5.41) is 19.9. The first-order chi connectivity index (χ1) is 10.1. The van der Waals surface area contributed by atoms with Gasteiger partial charge < -0.3 is 25.0 Å². The van der Waals surface area contributed by atoms with Crippen molar-refractivity contribution >= 4 is 18.0 Å². The number of carbonyl (C=O) groups excluding carboxylic acids is 1. The highest BCUT2D eigenvalue weighted by atomic mass is 16.7. The van der Waals surface area contributed by atoms with Gasteiger partial charge in [-0.2, -0.15) is 0 Å². The average Bonchev–Trinajstić information content (AvgIpc) is 2.92. The maximum atomic E-state index is 11.6. The number of hydrogen-bond acceptors (Lipinski definition) is 5. The smallest absolute Gasteiger partial charge is 0.326 e. The molecule has 7 heteroatoms. The number of hydrogen-bond donors (Lipinski definition) is 3. The van der Waals surface area contributed by atoms with Gasteiger partial charge in [-0.1, -0.05) is 6.07 Å². The van der Waals surface area contributed by atoms with Crippen LogP contribution < -0.4 is 14.8 Å². The van der Waals surface area contributed by atoms with Crippen LogP contribution in [0.25, 0.3) is 6.08 Å². The van der Waals surface area contributed by atoms with Crippen LogP contribution in [0.1, 0.15) is 12.0 Å². The van der Waals surface area contributed by atoms with E-state index in [2.05, 4.69) is 5.32 Å². The van der Waals surface area contributed by atoms with Crippen molar-refractivity contribution in [2.75, 3.05) is 13.4 Å². The monoisotopic (exact) mass is 293 g/mol. The second-order valence-corrected chi connectivity index (χ2v) is 4.36. The van der Waals surface area contributed by atoms with E-state index in [4.69, 9.17) is 19.7 Å². The molecular formula is C14H15NO6. The molecule has 1 aromatic rings. The lowest BCUT2D eigenvalue weighted by Gasteiger charge is -2.11. The fraction of sp³-hybridized carbons (Fsp3) is 0.286. The van der Waals surface area contributed by atoms with E-state index in [-0.39, 0.29) is 19.8 Å². The summed E-state index contributed by atoms with van der Waals surface area (Å²) in [5.41, 5.74) is 0.725. The standard InChI is InChI=1S/C14H15NO6/c16-6-5-10(14(18)19)15-13(17)4-2-9-1-3-11-12(7-9)21-8-20-11/h1-4,7,10,16H,5-6,8H2,(H,15,17)(H,18,19)/b4-2+/t10-/m0/s1. The Morgan fingerprint density at radius 1 is 1.33 bits per heavy atom. The molecule has 0 radical (unpaired) electrons. The number of aliphatic hydroxyl groups is 1. The Kier molecular flexibility index (Phi) is 4.78. The number of carbonyl (C=O) groups is 2. The fourth-order valence-electron chi connectivity index (χ4n) is 1.80. The molecule has 2 rings (SSSR count). The molecule has 3 N–H and O–H groups in total. The van der Waals surface area contributed by atoms with Crippen LogP contribution in [0.4, 0.5) is 0 Å². The predicted octanol–water partition coefficient (Wildman–Crippen LogP) is 0.380. The van der Waals surface area contributed by atoms with Crippen LogP contribution in [-0.2, 0) is 9.59 Å². The molecule has 0 unspecified atom stereocenters. The van der Waals surface area contributed by atoms with Gasteiger partial charge >= 0.3 is 5.97 Å². The predicted molar refractivity (Wildman–Crippen MR) is 72.9 cm³/mol. The Balaban J connectivity index is 1.97. The van der Waals surface area contributed by atoms with Crippen LogP contribution in [0.15, 0.2) is 24.3 Å². The number of nitrogens with one attached hydrogen (secondary N) is 1. The molecule has 0 fully saturated rings. The summed E-state index contributed by atoms with van der Waals surface area (Å²) in [6, 6.07) is 4.09. The molecule has 1 heterocycles. The second kappa shape index (κ2) is 6.76. The molecule has 1 aliphatic rings. The molecule has 0 aromatic heterocycles. The number of carboxylic acids is 1. The largest absolute Gasteiger partial charge is 0.480 e. The van der Waals surface area contributed by atoms with Gasteiger partial charge in [0.25, 0.3) is 0 Å². The highest BCUT2D eigenvalue weighted by molar-refractivity contribution is 5.94. The first-order valence-corrected chi connectivity index (χ1v) is 6.32. The zero-order chi connectivity index (χ0) is 15.2. The van der Waals surface area contributed by atoms with Crippen molar-refractivity contribution in [1.82, 2.24) is 5.32 Å². The van der Waals surface area contributed by atoms with Gasteiger partial charge in [-0.05, 0) is 23.8 Å². The maximum absolute atomic E-state index is 11.6. The Morgan fingerprint density at radius 2 is 2.10 bits per heavy atom. The summed E-state index contributed by atoms with van der Waals surface area (Å²) in [7, 11) is 0. The Bertz CT molecular complexity index is 569. The highest BCUT2D eigenvalue weighted by Gasteiger charge is 2.18.